The van der Waals surface area contributed by atoms with Crippen LogP contribution in [0.15, 0.2) is 66.8 Å². The summed E-state index contributed by atoms with van der Waals surface area (Å²) in [6.45, 7) is 11.2. The molecule has 1 aliphatic rings. The lowest BCUT2D eigenvalue weighted by Crippen LogP contribution is -2.40. The molecule has 3 aromatic rings. The number of nitrogens with zero attached hydrogens (tertiary/aromatic N) is 3. The van der Waals surface area contributed by atoms with E-state index in [1.165, 1.54) is 11.3 Å². The molecule has 7 nitrogen and oxygen atoms in total. The molecule has 1 aliphatic heterocycles. The van der Waals surface area contributed by atoms with Crippen LogP contribution in [0.1, 0.15) is 52.0 Å². The number of benzene rings is 1. The Labute approximate surface area is 218 Å². The SMILES string of the molecule is CCN(CC)c1ccc(/C=c2\sc3n(c2=O)[C@H](c2ccc(SC)cc2)C(C(=O)OC(C)C)=C(C)N=3)o1. The maximum Gasteiger partial charge on any atom is 0.338 e. The highest BCUT2D eigenvalue weighted by molar-refractivity contribution is 7.98. The van der Waals surface area contributed by atoms with Crippen LogP contribution in [0.2, 0.25) is 0 Å². The molecular weight excluding hydrogens is 494 g/mol. The zero-order valence-electron chi connectivity index (χ0n) is 21.4. The van der Waals surface area contributed by atoms with Gasteiger partial charge in [0.25, 0.3) is 5.56 Å². The molecule has 0 N–H and O–H groups in total. The number of thioether (sulfide) groups is 1. The van der Waals surface area contributed by atoms with Crippen LogP contribution in [-0.4, -0.2) is 36.0 Å². The summed E-state index contributed by atoms with van der Waals surface area (Å²) < 4.78 is 13.6. The average molecular weight is 526 g/mol. The number of rotatable bonds is 8. The van der Waals surface area contributed by atoms with Crippen molar-refractivity contribution in [2.75, 3.05) is 24.2 Å². The number of hydrogen-bond acceptors (Lipinski definition) is 8. The first-order valence-corrected chi connectivity index (χ1v) is 14.0. The quantitative estimate of drug-likeness (QED) is 0.322. The predicted molar refractivity (Wildman–Crippen MR) is 145 cm³/mol. The van der Waals surface area contributed by atoms with E-state index in [0.29, 0.717) is 26.4 Å². The second-order valence-electron chi connectivity index (χ2n) is 8.66. The molecule has 0 saturated heterocycles. The number of carbonyl (C=O) groups is 1. The number of aromatic nitrogens is 1. The number of fused-ring (bicyclic) bond motifs is 1. The summed E-state index contributed by atoms with van der Waals surface area (Å²) in [6, 6.07) is 11.0. The Morgan fingerprint density at radius 1 is 1.22 bits per heavy atom. The molecule has 0 aliphatic carbocycles. The summed E-state index contributed by atoms with van der Waals surface area (Å²) in [5.74, 6) is 0.896. The first-order valence-electron chi connectivity index (χ1n) is 12.0. The Kier molecular flexibility index (Phi) is 7.90. The first-order chi connectivity index (χ1) is 17.3. The number of ether oxygens (including phenoxy) is 1. The van der Waals surface area contributed by atoms with Gasteiger partial charge in [0, 0.05) is 30.1 Å². The van der Waals surface area contributed by atoms with E-state index in [0.717, 1.165) is 29.4 Å². The van der Waals surface area contributed by atoms with Crippen molar-refractivity contribution in [3.05, 3.63) is 78.7 Å². The fraction of sp³-hybridized carbons (Fsp3) is 0.370. The summed E-state index contributed by atoms with van der Waals surface area (Å²) >= 11 is 2.92. The molecule has 0 bridgehead atoms. The molecule has 3 heterocycles. The highest BCUT2D eigenvalue weighted by Gasteiger charge is 2.33. The van der Waals surface area contributed by atoms with E-state index in [1.54, 1.807) is 43.2 Å². The van der Waals surface area contributed by atoms with E-state index in [-0.39, 0.29) is 11.7 Å². The fourth-order valence-corrected chi connectivity index (χ4v) is 5.65. The Hall–Kier alpha value is -3.04. The highest BCUT2D eigenvalue weighted by Crippen LogP contribution is 2.32. The first kappa shape index (κ1) is 26.0. The number of hydrogen-bond donors (Lipinski definition) is 0. The molecule has 0 fully saturated rings. The third-order valence-electron chi connectivity index (χ3n) is 5.98. The van der Waals surface area contributed by atoms with Crippen LogP contribution in [0.5, 0.6) is 0 Å². The molecule has 0 unspecified atom stereocenters. The van der Waals surface area contributed by atoms with Crippen LogP contribution in [0.3, 0.4) is 0 Å². The third kappa shape index (κ3) is 5.08. The molecule has 1 atom stereocenters. The molecule has 2 aromatic heterocycles. The molecule has 9 heteroatoms. The summed E-state index contributed by atoms with van der Waals surface area (Å²) in [4.78, 5) is 35.3. The minimum absolute atomic E-state index is 0.221. The van der Waals surface area contributed by atoms with Gasteiger partial charge in [0.2, 0.25) is 0 Å². The van der Waals surface area contributed by atoms with E-state index >= 15 is 0 Å². The smallest absolute Gasteiger partial charge is 0.338 e. The number of carbonyl (C=O) groups excluding carboxylic acids is 1. The zero-order valence-corrected chi connectivity index (χ0v) is 23.0. The number of allylic oxidation sites excluding steroid dienone is 1. The molecule has 36 heavy (non-hydrogen) atoms. The van der Waals surface area contributed by atoms with Crippen molar-refractivity contribution in [3.8, 4) is 0 Å². The van der Waals surface area contributed by atoms with Gasteiger partial charge in [-0.15, -0.1) is 11.8 Å². The number of esters is 1. The zero-order chi connectivity index (χ0) is 26.0. The topological polar surface area (TPSA) is 77.0 Å². The van der Waals surface area contributed by atoms with Gasteiger partial charge < -0.3 is 14.1 Å². The minimum Gasteiger partial charge on any atom is -0.459 e. The van der Waals surface area contributed by atoms with Crippen molar-refractivity contribution < 1.29 is 13.9 Å². The Morgan fingerprint density at radius 2 is 1.92 bits per heavy atom. The predicted octanol–water partition coefficient (Wildman–Crippen LogP) is 4.35. The van der Waals surface area contributed by atoms with Gasteiger partial charge in [-0.3, -0.25) is 9.36 Å². The van der Waals surface area contributed by atoms with Crippen molar-refractivity contribution in [2.24, 2.45) is 4.99 Å². The second kappa shape index (κ2) is 10.9. The van der Waals surface area contributed by atoms with Gasteiger partial charge >= 0.3 is 5.97 Å². The lowest BCUT2D eigenvalue weighted by molar-refractivity contribution is -0.143. The number of thiazole rings is 1. The average Bonchev–Trinajstić information content (AvgIpc) is 3.43. The molecule has 0 saturated carbocycles. The minimum atomic E-state index is -0.631. The van der Waals surface area contributed by atoms with Gasteiger partial charge in [0.15, 0.2) is 10.7 Å². The largest absolute Gasteiger partial charge is 0.459 e. The second-order valence-corrected chi connectivity index (χ2v) is 10.5. The summed E-state index contributed by atoms with van der Waals surface area (Å²) in [5, 5.41) is 0. The molecule has 0 spiro atoms. The normalized spacial score (nSPS) is 15.8. The van der Waals surface area contributed by atoms with E-state index in [4.69, 9.17) is 9.15 Å². The Morgan fingerprint density at radius 3 is 2.53 bits per heavy atom. The monoisotopic (exact) mass is 525 g/mol. The summed E-state index contributed by atoms with van der Waals surface area (Å²) in [7, 11) is 0. The Balaban J connectivity index is 1.87. The van der Waals surface area contributed by atoms with Crippen molar-refractivity contribution >= 4 is 41.0 Å². The van der Waals surface area contributed by atoms with E-state index in [1.807, 2.05) is 42.7 Å². The van der Waals surface area contributed by atoms with Gasteiger partial charge in [0.1, 0.15) is 5.76 Å². The molecule has 0 amide bonds. The van der Waals surface area contributed by atoms with E-state index < -0.39 is 12.0 Å². The molecule has 190 valence electrons. The van der Waals surface area contributed by atoms with Gasteiger partial charge in [-0.2, -0.15) is 0 Å². The maximum atomic E-state index is 13.7. The van der Waals surface area contributed by atoms with Crippen LogP contribution in [0.25, 0.3) is 6.08 Å². The van der Waals surface area contributed by atoms with Crippen molar-refractivity contribution in [1.82, 2.24) is 4.57 Å². The van der Waals surface area contributed by atoms with Crippen LogP contribution in [0.4, 0.5) is 5.88 Å². The van der Waals surface area contributed by atoms with Crippen LogP contribution >= 0.6 is 23.1 Å². The van der Waals surface area contributed by atoms with Gasteiger partial charge in [-0.25, -0.2) is 9.79 Å². The summed E-state index contributed by atoms with van der Waals surface area (Å²) in [6.07, 6.45) is 3.46. The van der Waals surface area contributed by atoms with Crippen LogP contribution < -0.4 is 19.8 Å². The number of furan rings is 1. The maximum absolute atomic E-state index is 13.7. The fourth-order valence-electron chi connectivity index (χ4n) is 4.22. The lowest BCUT2D eigenvalue weighted by Gasteiger charge is -2.25. The highest BCUT2D eigenvalue weighted by atomic mass is 32.2. The Bertz CT molecular complexity index is 1460. The van der Waals surface area contributed by atoms with Crippen molar-refractivity contribution in [3.63, 3.8) is 0 Å². The molecule has 0 radical (unpaired) electrons. The van der Waals surface area contributed by atoms with Gasteiger partial charge in [-0.05, 0) is 64.6 Å². The third-order valence-corrected chi connectivity index (χ3v) is 7.70. The standard InChI is InChI=1S/C27H31N3O4S2/c1-7-29(8-2)22-14-11-19(34-22)15-21-25(31)30-24(18-9-12-20(35-6)13-10-18)23(26(32)33-16(3)4)17(5)28-27(30)36-21/h9-16,24H,7-8H2,1-6H3/b21-15-/t24-/m1/s1. The molecule has 1 aromatic carbocycles. The number of anilines is 1. The van der Waals surface area contributed by atoms with Gasteiger partial charge in [0.05, 0.1) is 27.9 Å². The lowest BCUT2D eigenvalue weighted by atomic mass is 9.96. The van der Waals surface area contributed by atoms with E-state index in [9.17, 15) is 9.59 Å². The summed E-state index contributed by atoms with van der Waals surface area (Å²) in [5.41, 5.74) is 1.53. The van der Waals surface area contributed by atoms with Crippen molar-refractivity contribution in [1.29, 1.82) is 0 Å². The van der Waals surface area contributed by atoms with Crippen LogP contribution in [0, 0.1) is 0 Å². The molecular formula is C27H31N3O4S2. The molecule has 4 rings (SSSR count). The van der Waals surface area contributed by atoms with Crippen molar-refractivity contribution in [2.45, 2.75) is 51.7 Å². The van der Waals surface area contributed by atoms with Gasteiger partial charge in [-0.1, -0.05) is 23.5 Å². The van der Waals surface area contributed by atoms with Crippen LogP contribution in [-0.2, 0) is 9.53 Å². The van der Waals surface area contributed by atoms with E-state index in [2.05, 4.69) is 23.7 Å².